The lowest BCUT2D eigenvalue weighted by Crippen LogP contribution is -2.31. The fraction of sp³-hybridized carbons (Fsp3) is 0.143. The molecule has 2 amide bonds. The molecule has 1 heterocycles. The number of benzene rings is 1. The highest BCUT2D eigenvalue weighted by Crippen LogP contribution is 2.25. The van der Waals surface area contributed by atoms with Crippen molar-refractivity contribution in [2.75, 3.05) is 5.32 Å². The summed E-state index contributed by atoms with van der Waals surface area (Å²) in [5.74, 6) is 0. The van der Waals surface area contributed by atoms with E-state index in [0.29, 0.717) is 15.7 Å². The van der Waals surface area contributed by atoms with Gasteiger partial charge in [-0.15, -0.1) is 0 Å². The minimum absolute atomic E-state index is 0.165. The number of amides is 2. The van der Waals surface area contributed by atoms with Crippen LogP contribution in [0.15, 0.2) is 42.7 Å². The largest absolute Gasteiger partial charge is 0.331 e. The van der Waals surface area contributed by atoms with E-state index < -0.39 is 0 Å². The molecule has 4 nitrogen and oxygen atoms in total. The van der Waals surface area contributed by atoms with Gasteiger partial charge in [0.2, 0.25) is 0 Å². The second-order valence-corrected chi connectivity index (χ2v) is 5.07. The van der Waals surface area contributed by atoms with E-state index in [-0.39, 0.29) is 12.1 Å². The maximum atomic E-state index is 11.9. The van der Waals surface area contributed by atoms with Gasteiger partial charge in [0.15, 0.2) is 0 Å². The third-order valence-electron chi connectivity index (χ3n) is 2.71. The Morgan fingerprint density at radius 3 is 2.80 bits per heavy atom. The number of pyridine rings is 1. The molecule has 0 saturated heterocycles. The molecule has 0 unspecified atom stereocenters. The molecule has 1 aromatic carbocycles. The van der Waals surface area contributed by atoms with Crippen LogP contribution >= 0.6 is 23.2 Å². The summed E-state index contributed by atoms with van der Waals surface area (Å²) in [6.07, 6.45) is 3.39. The molecule has 0 fully saturated rings. The van der Waals surface area contributed by atoms with Gasteiger partial charge in [-0.1, -0.05) is 29.3 Å². The van der Waals surface area contributed by atoms with Crippen molar-refractivity contribution in [3.63, 3.8) is 0 Å². The van der Waals surface area contributed by atoms with Crippen molar-refractivity contribution < 1.29 is 4.79 Å². The zero-order valence-corrected chi connectivity index (χ0v) is 12.2. The van der Waals surface area contributed by atoms with Gasteiger partial charge < -0.3 is 10.6 Å². The molecule has 1 aromatic heterocycles. The van der Waals surface area contributed by atoms with Crippen LogP contribution in [0.25, 0.3) is 0 Å². The smallest absolute Gasteiger partial charge is 0.319 e. The normalized spacial score (nSPS) is 11.8. The Morgan fingerprint density at radius 2 is 2.10 bits per heavy atom. The number of rotatable bonds is 3. The fourth-order valence-electron chi connectivity index (χ4n) is 1.66. The number of halogens is 2. The minimum Gasteiger partial charge on any atom is -0.331 e. The molecule has 0 aliphatic rings. The Balaban J connectivity index is 2.01. The lowest BCUT2D eigenvalue weighted by atomic mass is 10.1. The van der Waals surface area contributed by atoms with Gasteiger partial charge in [-0.05, 0) is 36.8 Å². The lowest BCUT2D eigenvalue weighted by molar-refractivity contribution is 0.249. The van der Waals surface area contributed by atoms with Crippen LogP contribution in [-0.2, 0) is 0 Å². The van der Waals surface area contributed by atoms with Gasteiger partial charge in [-0.25, -0.2) is 4.79 Å². The van der Waals surface area contributed by atoms with Crippen molar-refractivity contribution in [2.24, 2.45) is 0 Å². The van der Waals surface area contributed by atoms with Crippen molar-refractivity contribution in [3.05, 3.63) is 58.3 Å². The summed E-state index contributed by atoms with van der Waals surface area (Å²) in [5, 5.41) is 6.40. The molecule has 0 radical (unpaired) electrons. The molecular weight excluding hydrogens is 297 g/mol. The number of urea groups is 1. The number of nitrogens with zero attached hydrogens (tertiary/aromatic N) is 1. The van der Waals surface area contributed by atoms with Crippen molar-refractivity contribution in [1.82, 2.24) is 10.3 Å². The summed E-state index contributed by atoms with van der Waals surface area (Å²) in [7, 11) is 0. The van der Waals surface area contributed by atoms with Crippen molar-refractivity contribution >= 4 is 34.9 Å². The zero-order chi connectivity index (χ0) is 14.5. The number of carbonyl (C=O) groups is 1. The predicted molar refractivity (Wildman–Crippen MR) is 81.3 cm³/mol. The number of anilines is 1. The molecule has 0 aliphatic carbocycles. The van der Waals surface area contributed by atoms with E-state index in [4.69, 9.17) is 23.2 Å². The highest BCUT2D eigenvalue weighted by atomic mass is 35.5. The molecule has 0 bridgehead atoms. The van der Waals surface area contributed by atoms with Gasteiger partial charge in [-0.3, -0.25) is 4.98 Å². The summed E-state index contributed by atoms with van der Waals surface area (Å²) >= 11 is 11.8. The minimum atomic E-state index is -0.356. The van der Waals surface area contributed by atoms with Crippen LogP contribution in [0.3, 0.4) is 0 Å². The molecule has 104 valence electrons. The second kappa shape index (κ2) is 6.59. The third kappa shape index (κ3) is 3.85. The average Bonchev–Trinajstić information content (AvgIpc) is 2.43. The summed E-state index contributed by atoms with van der Waals surface area (Å²) in [6, 6.07) is 8.07. The average molecular weight is 310 g/mol. The predicted octanol–water partition coefficient (Wildman–Crippen LogP) is 4.27. The molecule has 2 aromatic rings. The van der Waals surface area contributed by atoms with Gasteiger partial charge in [0.25, 0.3) is 0 Å². The molecule has 1 atom stereocenters. The molecule has 0 aliphatic heterocycles. The number of hydrogen-bond donors (Lipinski definition) is 2. The number of nitrogens with one attached hydrogen (secondary N) is 2. The van der Waals surface area contributed by atoms with Gasteiger partial charge in [-0.2, -0.15) is 0 Å². The van der Waals surface area contributed by atoms with E-state index in [1.165, 1.54) is 0 Å². The first-order valence-electron chi connectivity index (χ1n) is 5.99. The maximum Gasteiger partial charge on any atom is 0.319 e. The van der Waals surface area contributed by atoms with Gasteiger partial charge in [0, 0.05) is 17.4 Å². The SMILES string of the molecule is C[C@H](NC(=O)Nc1cc(Cl)ccc1Cl)c1cccnc1. The first-order chi connectivity index (χ1) is 9.56. The summed E-state index contributed by atoms with van der Waals surface area (Å²) in [4.78, 5) is 15.9. The summed E-state index contributed by atoms with van der Waals surface area (Å²) in [5.41, 5.74) is 1.38. The van der Waals surface area contributed by atoms with Gasteiger partial charge in [0.05, 0.1) is 16.8 Å². The van der Waals surface area contributed by atoms with Crippen LogP contribution < -0.4 is 10.6 Å². The van der Waals surface area contributed by atoms with Crippen LogP contribution in [0.1, 0.15) is 18.5 Å². The maximum absolute atomic E-state index is 11.9. The van der Waals surface area contributed by atoms with E-state index in [0.717, 1.165) is 5.56 Å². The Kier molecular flexibility index (Phi) is 4.82. The Labute approximate surface area is 127 Å². The van der Waals surface area contributed by atoms with Gasteiger partial charge in [0.1, 0.15) is 0 Å². The first kappa shape index (κ1) is 14.6. The van der Waals surface area contributed by atoms with E-state index in [9.17, 15) is 4.79 Å². The van der Waals surface area contributed by atoms with E-state index in [1.54, 1.807) is 30.6 Å². The van der Waals surface area contributed by atoms with Crippen molar-refractivity contribution in [3.8, 4) is 0 Å². The number of carbonyl (C=O) groups excluding carboxylic acids is 1. The zero-order valence-electron chi connectivity index (χ0n) is 10.7. The summed E-state index contributed by atoms with van der Waals surface area (Å²) < 4.78 is 0. The standard InChI is InChI=1S/C14H13Cl2N3O/c1-9(10-3-2-6-17-8-10)18-14(20)19-13-7-11(15)4-5-12(13)16/h2-9H,1H3,(H2,18,19,20)/t9-/m0/s1. The van der Waals surface area contributed by atoms with Crippen LogP contribution in [0.4, 0.5) is 10.5 Å². The fourth-order valence-corrected chi connectivity index (χ4v) is 2.00. The molecule has 2 N–H and O–H groups in total. The molecule has 20 heavy (non-hydrogen) atoms. The topological polar surface area (TPSA) is 54.0 Å². The Morgan fingerprint density at radius 1 is 1.30 bits per heavy atom. The molecule has 0 saturated carbocycles. The lowest BCUT2D eigenvalue weighted by Gasteiger charge is -2.15. The number of hydrogen-bond acceptors (Lipinski definition) is 2. The molecule has 6 heteroatoms. The van der Waals surface area contributed by atoms with E-state index in [2.05, 4.69) is 15.6 Å². The molecule has 2 rings (SSSR count). The van der Waals surface area contributed by atoms with Crippen molar-refractivity contribution in [2.45, 2.75) is 13.0 Å². The highest BCUT2D eigenvalue weighted by molar-refractivity contribution is 6.35. The number of aromatic nitrogens is 1. The highest BCUT2D eigenvalue weighted by Gasteiger charge is 2.11. The summed E-state index contributed by atoms with van der Waals surface area (Å²) in [6.45, 7) is 1.87. The van der Waals surface area contributed by atoms with Crippen LogP contribution in [-0.4, -0.2) is 11.0 Å². The van der Waals surface area contributed by atoms with E-state index in [1.807, 2.05) is 19.1 Å². The van der Waals surface area contributed by atoms with Crippen LogP contribution in [0, 0.1) is 0 Å². The quantitative estimate of drug-likeness (QED) is 0.889. The van der Waals surface area contributed by atoms with Crippen molar-refractivity contribution in [1.29, 1.82) is 0 Å². The van der Waals surface area contributed by atoms with Crippen LogP contribution in [0.2, 0.25) is 10.0 Å². The Bertz CT molecular complexity index is 605. The molecular formula is C14H13Cl2N3O. The van der Waals surface area contributed by atoms with E-state index >= 15 is 0 Å². The molecule has 0 spiro atoms. The third-order valence-corrected chi connectivity index (χ3v) is 3.27. The first-order valence-corrected chi connectivity index (χ1v) is 6.74. The van der Waals surface area contributed by atoms with Crippen LogP contribution in [0.5, 0.6) is 0 Å². The second-order valence-electron chi connectivity index (χ2n) is 4.23. The Hall–Kier alpha value is -1.78. The van der Waals surface area contributed by atoms with Gasteiger partial charge >= 0.3 is 6.03 Å². The monoisotopic (exact) mass is 309 g/mol.